The van der Waals surface area contributed by atoms with Gasteiger partial charge in [-0.15, -0.1) is 24.0 Å². The molecule has 5 nitrogen and oxygen atoms in total. The molecule has 0 aromatic carbocycles. The topological polar surface area (TPSA) is 44.0 Å². The monoisotopic (exact) mass is 462 g/mol. The number of aliphatic imine (C=N–C) groups is 1. The summed E-state index contributed by atoms with van der Waals surface area (Å²) in [7, 11) is 0. The number of guanidine groups is 1. The normalized spacial score (nSPS) is 18.1. The molecule has 1 aromatic heterocycles. The summed E-state index contributed by atoms with van der Waals surface area (Å²) in [5.41, 5.74) is 0. The van der Waals surface area contributed by atoms with Crippen molar-refractivity contribution in [3.05, 3.63) is 24.2 Å². The highest BCUT2D eigenvalue weighted by atomic mass is 127. The second-order valence-corrected chi connectivity index (χ2v) is 6.92. The van der Waals surface area contributed by atoms with Gasteiger partial charge in [0.1, 0.15) is 5.76 Å². The van der Waals surface area contributed by atoms with E-state index >= 15 is 0 Å². The van der Waals surface area contributed by atoms with E-state index in [9.17, 15) is 0 Å². The fourth-order valence-electron chi connectivity index (χ4n) is 3.26. The molecule has 1 fully saturated rings. The first-order valence-electron chi connectivity index (χ1n) is 9.43. The maximum absolute atomic E-state index is 5.42. The summed E-state index contributed by atoms with van der Waals surface area (Å²) in [5.74, 6) is 2.66. The molecule has 0 amide bonds. The molecule has 1 aliphatic heterocycles. The number of furan rings is 1. The minimum absolute atomic E-state index is 0. The molecule has 1 saturated heterocycles. The Bertz CT molecular complexity index is 486. The first-order chi connectivity index (χ1) is 11.6. The SMILES string of the molecule is CCN(CC)C1CCN(C(=NCC(C)C)NCCc2ccco2)C1.I. The number of nitrogens with zero attached hydrogens (tertiary/aromatic N) is 3. The van der Waals surface area contributed by atoms with Crippen molar-refractivity contribution >= 4 is 29.9 Å². The molecule has 6 heteroatoms. The van der Waals surface area contributed by atoms with Crippen molar-refractivity contribution < 1.29 is 4.42 Å². The molecule has 1 unspecified atom stereocenters. The van der Waals surface area contributed by atoms with E-state index in [0.29, 0.717) is 12.0 Å². The molecule has 0 radical (unpaired) electrons. The molecule has 2 heterocycles. The highest BCUT2D eigenvalue weighted by Gasteiger charge is 2.28. The molecule has 1 aromatic rings. The van der Waals surface area contributed by atoms with Gasteiger partial charge in [0.15, 0.2) is 5.96 Å². The lowest BCUT2D eigenvalue weighted by atomic mass is 10.2. The van der Waals surface area contributed by atoms with Gasteiger partial charge in [-0.05, 0) is 37.6 Å². The number of likely N-dealkylation sites (tertiary alicyclic amines) is 1. The van der Waals surface area contributed by atoms with Gasteiger partial charge in [-0.3, -0.25) is 9.89 Å². The van der Waals surface area contributed by atoms with Crippen molar-refractivity contribution in [1.82, 2.24) is 15.1 Å². The van der Waals surface area contributed by atoms with Crippen molar-refractivity contribution in [1.29, 1.82) is 0 Å². The molecule has 1 aliphatic rings. The molecule has 0 spiro atoms. The predicted molar refractivity (Wildman–Crippen MR) is 116 cm³/mol. The first-order valence-corrected chi connectivity index (χ1v) is 9.43. The number of hydrogen-bond acceptors (Lipinski definition) is 3. The Balaban J connectivity index is 0.00000312. The Morgan fingerprint density at radius 2 is 2.16 bits per heavy atom. The van der Waals surface area contributed by atoms with Crippen LogP contribution in [0, 0.1) is 5.92 Å². The minimum Gasteiger partial charge on any atom is -0.469 e. The number of nitrogens with one attached hydrogen (secondary N) is 1. The van der Waals surface area contributed by atoms with E-state index in [1.807, 2.05) is 12.1 Å². The molecule has 2 rings (SSSR count). The first kappa shape index (κ1) is 22.3. The van der Waals surface area contributed by atoms with Crippen LogP contribution in [0.5, 0.6) is 0 Å². The summed E-state index contributed by atoms with van der Waals surface area (Å²) < 4.78 is 5.42. The third-order valence-corrected chi connectivity index (χ3v) is 4.63. The lowest BCUT2D eigenvalue weighted by Crippen LogP contribution is -2.44. The van der Waals surface area contributed by atoms with Gasteiger partial charge < -0.3 is 14.6 Å². The van der Waals surface area contributed by atoms with E-state index in [1.165, 1.54) is 6.42 Å². The van der Waals surface area contributed by atoms with Gasteiger partial charge >= 0.3 is 0 Å². The zero-order valence-electron chi connectivity index (χ0n) is 16.2. The highest BCUT2D eigenvalue weighted by molar-refractivity contribution is 14.0. The summed E-state index contributed by atoms with van der Waals surface area (Å²) in [5, 5.41) is 3.55. The highest BCUT2D eigenvalue weighted by Crippen LogP contribution is 2.15. The number of rotatable bonds is 8. The van der Waals surface area contributed by atoms with Crippen LogP contribution < -0.4 is 5.32 Å². The van der Waals surface area contributed by atoms with E-state index < -0.39 is 0 Å². The summed E-state index contributed by atoms with van der Waals surface area (Å²) in [6.45, 7) is 15.1. The largest absolute Gasteiger partial charge is 0.469 e. The van der Waals surface area contributed by atoms with Crippen LogP contribution in [0.15, 0.2) is 27.8 Å². The van der Waals surface area contributed by atoms with Crippen LogP contribution in [-0.4, -0.2) is 61.1 Å². The maximum Gasteiger partial charge on any atom is 0.193 e. The Labute approximate surface area is 170 Å². The number of halogens is 1. The molecule has 144 valence electrons. The zero-order valence-corrected chi connectivity index (χ0v) is 18.5. The zero-order chi connectivity index (χ0) is 17.4. The Morgan fingerprint density at radius 3 is 2.76 bits per heavy atom. The summed E-state index contributed by atoms with van der Waals surface area (Å²) in [6.07, 6.45) is 3.85. The summed E-state index contributed by atoms with van der Waals surface area (Å²) in [4.78, 5) is 9.83. The number of likely N-dealkylation sites (N-methyl/N-ethyl adjacent to an activating group) is 1. The summed E-state index contributed by atoms with van der Waals surface area (Å²) in [6, 6.07) is 4.62. The van der Waals surface area contributed by atoms with Crippen LogP contribution in [0.25, 0.3) is 0 Å². The minimum atomic E-state index is 0. The lowest BCUT2D eigenvalue weighted by Gasteiger charge is -2.27. The van der Waals surface area contributed by atoms with Gasteiger partial charge in [-0.1, -0.05) is 27.7 Å². The average Bonchev–Trinajstić information content (AvgIpc) is 3.23. The molecule has 1 atom stereocenters. The molecule has 1 N–H and O–H groups in total. The Hall–Kier alpha value is -0.760. The van der Waals surface area contributed by atoms with Gasteiger partial charge in [0.05, 0.1) is 6.26 Å². The van der Waals surface area contributed by atoms with E-state index in [-0.39, 0.29) is 24.0 Å². The van der Waals surface area contributed by atoms with Crippen LogP contribution in [0.1, 0.15) is 39.9 Å². The Morgan fingerprint density at radius 1 is 1.40 bits per heavy atom. The molecule has 0 saturated carbocycles. The second kappa shape index (κ2) is 11.8. The van der Waals surface area contributed by atoms with Gasteiger partial charge in [0, 0.05) is 38.6 Å². The lowest BCUT2D eigenvalue weighted by molar-refractivity contribution is 0.223. The van der Waals surface area contributed by atoms with Crippen molar-refractivity contribution in [3.8, 4) is 0 Å². The molecule has 0 aliphatic carbocycles. The molecule has 25 heavy (non-hydrogen) atoms. The average molecular weight is 462 g/mol. The van der Waals surface area contributed by atoms with Gasteiger partial charge in [-0.2, -0.15) is 0 Å². The maximum atomic E-state index is 5.42. The Kier molecular flexibility index (Phi) is 10.5. The van der Waals surface area contributed by atoms with Gasteiger partial charge in [-0.25, -0.2) is 0 Å². The molecule has 0 bridgehead atoms. The van der Waals surface area contributed by atoms with Crippen molar-refractivity contribution in [2.24, 2.45) is 10.9 Å². The van der Waals surface area contributed by atoms with Crippen molar-refractivity contribution in [3.63, 3.8) is 0 Å². The summed E-state index contributed by atoms with van der Waals surface area (Å²) >= 11 is 0. The smallest absolute Gasteiger partial charge is 0.193 e. The quantitative estimate of drug-likeness (QED) is 0.365. The van der Waals surface area contributed by atoms with Crippen molar-refractivity contribution in [2.75, 3.05) is 39.3 Å². The van der Waals surface area contributed by atoms with Crippen LogP contribution in [0.4, 0.5) is 0 Å². The van der Waals surface area contributed by atoms with Crippen molar-refractivity contribution in [2.45, 2.75) is 46.6 Å². The van der Waals surface area contributed by atoms with E-state index in [0.717, 1.165) is 57.4 Å². The van der Waals surface area contributed by atoms with E-state index in [2.05, 4.69) is 42.8 Å². The van der Waals surface area contributed by atoms with E-state index in [1.54, 1.807) is 6.26 Å². The van der Waals surface area contributed by atoms with E-state index in [4.69, 9.17) is 9.41 Å². The number of hydrogen-bond donors (Lipinski definition) is 1. The second-order valence-electron chi connectivity index (χ2n) is 6.92. The molecular formula is C19H35IN4O. The van der Waals surface area contributed by atoms with Crippen LogP contribution in [-0.2, 0) is 6.42 Å². The third kappa shape index (κ3) is 7.17. The van der Waals surface area contributed by atoms with Gasteiger partial charge in [0.2, 0.25) is 0 Å². The van der Waals surface area contributed by atoms with Crippen LogP contribution >= 0.6 is 24.0 Å². The fraction of sp³-hybridized carbons (Fsp3) is 0.737. The van der Waals surface area contributed by atoms with Crippen LogP contribution in [0.3, 0.4) is 0 Å². The predicted octanol–water partition coefficient (Wildman–Crippen LogP) is 3.46. The molecular weight excluding hydrogens is 427 g/mol. The third-order valence-electron chi connectivity index (χ3n) is 4.63. The van der Waals surface area contributed by atoms with Gasteiger partial charge in [0.25, 0.3) is 0 Å². The van der Waals surface area contributed by atoms with Crippen LogP contribution in [0.2, 0.25) is 0 Å². The fourth-order valence-corrected chi connectivity index (χ4v) is 3.26. The standard InChI is InChI=1S/C19H34N4O.HI/c1-5-22(6-2)17-10-12-23(15-17)19(21-14-16(3)4)20-11-9-18-8-7-13-24-18;/h7-8,13,16-17H,5-6,9-12,14-15H2,1-4H3,(H,20,21);1H.